The summed E-state index contributed by atoms with van der Waals surface area (Å²) in [5, 5.41) is 3.26. The van der Waals surface area contributed by atoms with Crippen molar-refractivity contribution in [2.75, 3.05) is 26.4 Å². The zero-order chi connectivity index (χ0) is 36.1. The van der Waals surface area contributed by atoms with Gasteiger partial charge in [0.05, 0.1) is 10.2 Å². The van der Waals surface area contributed by atoms with Gasteiger partial charge in [-0.1, -0.05) is 65.8 Å². The van der Waals surface area contributed by atoms with E-state index in [1.807, 2.05) is 38.4 Å². The lowest BCUT2D eigenvalue weighted by molar-refractivity contribution is -0.136. The van der Waals surface area contributed by atoms with Gasteiger partial charge in [-0.3, -0.25) is 9.69 Å². The van der Waals surface area contributed by atoms with Crippen LogP contribution in [0.2, 0.25) is 0 Å². The van der Waals surface area contributed by atoms with E-state index in [0.717, 1.165) is 24.0 Å². The number of carbonyl (C=O) groups is 1. The molecule has 11 heteroatoms. The molecular formula is C38H55BrF2N4O3S. The van der Waals surface area contributed by atoms with E-state index in [1.54, 1.807) is 0 Å². The second-order valence-corrected chi connectivity index (χ2v) is 19.9. The first-order valence-corrected chi connectivity index (χ1v) is 20.1. The maximum atomic E-state index is 15.3. The Hall–Kier alpha value is -1.92. The Morgan fingerprint density at radius 1 is 1.10 bits per heavy atom. The summed E-state index contributed by atoms with van der Waals surface area (Å²) in [7, 11) is 0.369. The summed E-state index contributed by atoms with van der Waals surface area (Å²) < 4.78 is 58.6. The number of carbonyl (C=O) groups excluding carboxylic acids is 1. The first kappa shape index (κ1) is 38.3. The van der Waals surface area contributed by atoms with Gasteiger partial charge >= 0.3 is 0 Å². The molecular weight excluding hydrogens is 710 g/mol. The van der Waals surface area contributed by atoms with Crippen LogP contribution in [0.1, 0.15) is 83.9 Å². The van der Waals surface area contributed by atoms with E-state index in [-0.39, 0.29) is 58.7 Å². The summed E-state index contributed by atoms with van der Waals surface area (Å²) in [6.45, 7) is 14.6. The molecule has 0 aromatic heterocycles. The van der Waals surface area contributed by atoms with Gasteiger partial charge in [-0.15, -0.1) is 0 Å². The van der Waals surface area contributed by atoms with Crippen molar-refractivity contribution in [2.24, 2.45) is 28.6 Å². The molecule has 4 aliphatic rings. The van der Waals surface area contributed by atoms with E-state index in [1.165, 1.54) is 22.9 Å². The normalized spacial score (nSPS) is 26.9. The molecule has 49 heavy (non-hydrogen) atoms. The second kappa shape index (κ2) is 14.6. The third kappa shape index (κ3) is 8.59. The van der Waals surface area contributed by atoms with Crippen molar-refractivity contribution in [3.8, 4) is 0 Å². The number of nitrogens with zero attached hydrogens (tertiary/aromatic N) is 3. The van der Waals surface area contributed by atoms with Crippen molar-refractivity contribution in [1.82, 2.24) is 19.4 Å². The molecule has 1 saturated heterocycles. The molecule has 7 nitrogen and oxygen atoms in total. The van der Waals surface area contributed by atoms with E-state index in [0.29, 0.717) is 36.3 Å². The molecule has 2 aromatic carbocycles. The summed E-state index contributed by atoms with van der Waals surface area (Å²) in [5.74, 6) is 0.0477. The second-order valence-electron chi connectivity index (χ2n) is 17.0. The molecule has 3 saturated carbocycles. The molecule has 6 atom stereocenters. The number of likely N-dealkylation sites (N-methyl/N-ethyl adjacent to an activating group) is 1. The molecule has 2 bridgehead atoms. The Morgan fingerprint density at radius 3 is 2.43 bits per heavy atom. The smallest absolute Gasteiger partial charge is 0.238 e. The predicted molar refractivity (Wildman–Crippen MR) is 195 cm³/mol. The molecule has 272 valence electrons. The van der Waals surface area contributed by atoms with E-state index in [4.69, 9.17) is 0 Å². The quantitative estimate of drug-likeness (QED) is 0.232. The number of hydrogen-bond acceptors (Lipinski definition) is 5. The van der Waals surface area contributed by atoms with Crippen molar-refractivity contribution in [2.45, 2.75) is 105 Å². The van der Waals surface area contributed by atoms with Gasteiger partial charge in [0.25, 0.3) is 0 Å². The Labute approximate surface area is 301 Å². The fourth-order valence-electron chi connectivity index (χ4n) is 8.71. The number of amides is 1. The van der Waals surface area contributed by atoms with Crippen LogP contribution in [0, 0.1) is 40.2 Å². The summed E-state index contributed by atoms with van der Waals surface area (Å²) >= 11 is 3.23. The topological polar surface area (TPSA) is 73.0 Å². The van der Waals surface area contributed by atoms with Gasteiger partial charge in [-0.25, -0.2) is 17.2 Å². The fraction of sp³-hybridized carbons (Fsp3) is 0.658. The lowest BCUT2D eigenvalue weighted by atomic mass is 9.45. The number of nitrogens with one attached hydrogen (secondary N) is 1. The zero-order valence-electron chi connectivity index (χ0n) is 30.4. The maximum absolute atomic E-state index is 15.3. The van der Waals surface area contributed by atoms with Crippen LogP contribution in [0.15, 0.2) is 40.9 Å². The average Bonchev–Trinajstić information content (AvgIpc) is 3.29. The van der Waals surface area contributed by atoms with E-state index in [9.17, 15) is 13.2 Å². The van der Waals surface area contributed by atoms with Gasteiger partial charge in [-0.2, -0.15) is 4.31 Å². The Balaban J connectivity index is 1.37. The molecule has 3 aliphatic carbocycles. The molecule has 0 spiro atoms. The number of fused-ring (bicyclic) bond motifs is 2. The van der Waals surface area contributed by atoms with Crippen LogP contribution in [-0.2, 0) is 34.5 Å². The lowest BCUT2D eigenvalue weighted by Gasteiger charge is -2.62. The van der Waals surface area contributed by atoms with E-state index in [2.05, 4.69) is 72.6 Å². The third-order valence-corrected chi connectivity index (χ3v) is 14.0. The van der Waals surface area contributed by atoms with Gasteiger partial charge in [-0.05, 0) is 108 Å². The first-order chi connectivity index (χ1) is 22.8. The van der Waals surface area contributed by atoms with Crippen LogP contribution in [0.5, 0.6) is 0 Å². The number of hydrogen-bond donors (Lipinski definition) is 1. The largest absolute Gasteiger partial charge is 0.352 e. The number of benzene rings is 2. The van der Waals surface area contributed by atoms with Crippen LogP contribution in [0.4, 0.5) is 8.78 Å². The molecule has 2 aromatic rings. The van der Waals surface area contributed by atoms with Crippen molar-refractivity contribution in [3.63, 3.8) is 0 Å². The molecule has 1 heterocycles. The maximum Gasteiger partial charge on any atom is 0.238 e. The number of halogens is 3. The van der Waals surface area contributed by atoms with Crippen molar-refractivity contribution >= 4 is 31.9 Å². The third-order valence-electron chi connectivity index (χ3n) is 11.5. The van der Waals surface area contributed by atoms with Gasteiger partial charge in [0, 0.05) is 43.8 Å². The summed E-state index contributed by atoms with van der Waals surface area (Å²) in [4.78, 5) is 17.9. The van der Waals surface area contributed by atoms with Crippen molar-refractivity contribution in [1.29, 1.82) is 0 Å². The van der Waals surface area contributed by atoms with Gasteiger partial charge < -0.3 is 10.2 Å². The van der Waals surface area contributed by atoms with Crippen LogP contribution >= 0.6 is 15.9 Å². The molecule has 0 radical (unpaired) electrons. The summed E-state index contributed by atoms with van der Waals surface area (Å²) in [6, 6.07) is 9.66. The molecule has 6 rings (SSSR count). The van der Waals surface area contributed by atoms with Crippen molar-refractivity contribution in [3.05, 3.63) is 69.2 Å². The van der Waals surface area contributed by atoms with Gasteiger partial charge in [0.2, 0.25) is 15.9 Å². The number of rotatable bonds is 12. The highest BCUT2D eigenvalue weighted by atomic mass is 79.9. The minimum Gasteiger partial charge on any atom is -0.352 e. The minimum absolute atomic E-state index is 0.00774. The van der Waals surface area contributed by atoms with E-state index >= 15 is 8.78 Å². The molecule has 4 fully saturated rings. The zero-order valence-corrected chi connectivity index (χ0v) is 32.8. The predicted octanol–water partition coefficient (Wildman–Crippen LogP) is 7.19. The molecule has 1 N–H and O–H groups in total. The SMILES string of the molecule is C[C@@H]1[C@@H](NC(=O)C2CCS(=O)(=O)N2Cc2cccc(CN(Cc3c(F)ccc(Br)c3F)[C@H](CN(C)C)CC(C)(C)C)c2)C[C@@H]2C[C@H]1C2(C)C. The average molecular weight is 766 g/mol. The molecule has 1 unspecified atom stereocenters. The highest BCUT2D eigenvalue weighted by molar-refractivity contribution is 9.10. The summed E-state index contributed by atoms with van der Waals surface area (Å²) in [5.41, 5.74) is 1.94. The fourth-order valence-corrected chi connectivity index (χ4v) is 10.8. The standard InChI is InChI=1S/C38H55BrF2N4O3S/c1-24-30-17-27(38(30,5)6)18-33(24)42-36(46)34-14-15-49(47,48)45(34)21-26-11-9-10-25(16-26)20-44(28(22-43(7)8)19-37(2,3)4)23-29-32(40)13-12-31(39)35(29)41/h9-13,16,24,27-28,30,33-34H,14-15,17-23H2,1-8H3,(H,42,46)/t24-,27-,28-,30+,33-,34?/m0/s1. The van der Waals surface area contributed by atoms with Crippen molar-refractivity contribution < 1.29 is 22.0 Å². The molecule has 1 aliphatic heterocycles. The van der Waals surface area contributed by atoms with Crippen LogP contribution < -0.4 is 5.32 Å². The van der Waals surface area contributed by atoms with Gasteiger partial charge in [0.15, 0.2) is 0 Å². The Kier molecular flexibility index (Phi) is 11.4. The Bertz CT molecular complexity index is 1630. The monoisotopic (exact) mass is 764 g/mol. The minimum atomic E-state index is -3.62. The van der Waals surface area contributed by atoms with Gasteiger partial charge in [0.1, 0.15) is 17.7 Å². The van der Waals surface area contributed by atoms with Crippen LogP contribution in [0.25, 0.3) is 0 Å². The van der Waals surface area contributed by atoms with E-state index < -0.39 is 27.7 Å². The highest BCUT2D eigenvalue weighted by Crippen LogP contribution is 2.61. The van der Waals surface area contributed by atoms with Crippen LogP contribution in [-0.4, -0.2) is 72.9 Å². The number of sulfonamides is 1. The highest BCUT2D eigenvalue weighted by Gasteiger charge is 2.56. The Morgan fingerprint density at radius 2 is 1.80 bits per heavy atom. The summed E-state index contributed by atoms with van der Waals surface area (Å²) in [6.07, 6.45) is 3.21. The first-order valence-electron chi connectivity index (χ1n) is 17.7. The molecule has 1 amide bonds. The lowest BCUT2D eigenvalue weighted by Crippen LogP contribution is -2.61. The van der Waals surface area contributed by atoms with Crippen LogP contribution in [0.3, 0.4) is 0 Å².